The third kappa shape index (κ3) is 3.67. The van der Waals surface area contributed by atoms with E-state index in [-0.39, 0.29) is 5.41 Å². The number of halogens is 1. The van der Waals surface area contributed by atoms with Gasteiger partial charge in [-0.15, -0.1) is 0 Å². The normalized spacial score (nSPS) is 11.4. The largest absolute Gasteiger partial charge is 0.366 e. The van der Waals surface area contributed by atoms with Crippen molar-refractivity contribution in [3.63, 3.8) is 0 Å². The van der Waals surface area contributed by atoms with Gasteiger partial charge in [-0.3, -0.25) is 4.98 Å². The molecule has 0 fully saturated rings. The molecule has 0 aliphatic heterocycles. The van der Waals surface area contributed by atoms with E-state index in [0.29, 0.717) is 11.7 Å². The van der Waals surface area contributed by atoms with Crippen LogP contribution in [0.1, 0.15) is 37.7 Å². The number of nitrogens with one attached hydrogen (secondary N) is 1. The molecule has 0 bridgehead atoms. The monoisotopic (exact) mass is 290 g/mol. The van der Waals surface area contributed by atoms with Gasteiger partial charge in [-0.1, -0.05) is 32.4 Å². The van der Waals surface area contributed by atoms with Crippen molar-refractivity contribution < 1.29 is 0 Å². The Bertz CT molecular complexity index is 605. The quantitative estimate of drug-likeness (QED) is 0.875. The summed E-state index contributed by atoms with van der Waals surface area (Å²) in [5.74, 6) is 1.48. The molecule has 0 aromatic carbocycles. The lowest BCUT2D eigenvalue weighted by Crippen LogP contribution is -2.17. The molecule has 4 nitrogen and oxygen atoms in total. The van der Waals surface area contributed by atoms with E-state index in [4.69, 9.17) is 11.6 Å². The summed E-state index contributed by atoms with van der Waals surface area (Å²) < 4.78 is 0. The Morgan fingerprint density at radius 2 is 2.00 bits per heavy atom. The Labute approximate surface area is 124 Å². The lowest BCUT2D eigenvalue weighted by Gasteiger charge is -2.18. The zero-order chi connectivity index (χ0) is 14.8. The van der Waals surface area contributed by atoms with Crippen molar-refractivity contribution in [3.05, 3.63) is 46.6 Å². The molecule has 0 spiro atoms. The first-order chi connectivity index (χ1) is 9.36. The minimum Gasteiger partial charge on any atom is -0.366 e. The predicted octanol–water partition coefficient (Wildman–Crippen LogP) is 3.74. The molecule has 2 aromatic rings. The smallest absolute Gasteiger partial charge is 0.137 e. The van der Waals surface area contributed by atoms with Gasteiger partial charge in [-0.25, -0.2) is 9.97 Å². The lowest BCUT2D eigenvalue weighted by atomic mass is 9.96. The van der Waals surface area contributed by atoms with Gasteiger partial charge in [0.15, 0.2) is 0 Å². The third-order valence-corrected chi connectivity index (χ3v) is 3.16. The topological polar surface area (TPSA) is 50.7 Å². The minimum atomic E-state index is -0.131. The van der Waals surface area contributed by atoms with Gasteiger partial charge >= 0.3 is 0 Å². The molecule has 0 unspecified atom stereocenters. The highest BCUT2D eigenvalue weighted by Gasteiger charge is 2.18. The Morgan fingerprint density at radius 1 is 1.25 bits per heavy atom. The van der Waals surface area contributed by atoms with E-state index in [2.05, 4.69) is 41.0 Å². The molecule has 0 saturated carbocycles. The van der Waals surface area contributed by atoms with Crippen molar-refractivity contribution in [1.82, 2.24) is 15.0 Å². The summed E-state index contributed by atoms with van der Waals surface area (Å²) in [6, 6.07) is 3.74. The summed E-state index contributed by atoms with van der Waals surface area (Å²) in [6.07, 6.45) is 3.64. The van der Waals surface area contributed by atoms with Crippen LogP contribution in [0.5, 0.6) is 0 Å². The van der Waals surface area contributed by atoms with Gasteiger partial charge in [0, 0.05) is 30.4 Å². The molecule has 1 N–H and O–H groups in total. The highest BCUT2D eigenvalue weighted by atomic mass is 35.5. The number of nitrogens with zero attached hydrogens (tertiary/aromatic N) is 3. The number of aromatic nitrogens is 3. The molecule has 2 rings (SSSR count). The van der Waals surface area contributed by atoms with Crippen LogP contribution in [-0.4, -0.2) is 15.0 Å². The summed E-state index contributed by atoms with van der Waals surface area (Å²) in [5.41, 5.74) is 2.21. The number of rotatable bonds is 3. The van der Waals surface area contributed by atoms with Crippen LogP contribution in [0.15, 0.2) is 24.5 Å². The third-order valence-electron chi connectivity index (χ3n) is 2.96. The molecular weight excluding hydrogens is 272 g/mol. The van der Waals surface area contributed by atoms with E-state index in [1.807, 2.05) is 19.2 Å². The summed E-state index contributed by atoms with van der Waals surface area (Å²) >= 11 is 6.07. The standard InChI is InChI=1S/C15H19ClN4/c1-10-8-17-6-5-11(10)9-18-13-7-12(16)19-14(20-13)15(2,3)4/h5-8H,9H2,1-4H3,(H,18,19,20). The highest BCUT2D eigenvalue weighted by Crippen LogP contribution is 2.22. The Morgan fingerprint density at radius 3 is 2.65 bits per heavy atom. The van der Waals surface area contributed by atoms with E-state index in [0.717, 1.165) is 17.2 Å². The van der Waals surface area contributed by atoms with Gasteiger partial charge in [-0.2, -0.15) is 0 Å². The molecule has 20 heavy (non-hydrogen) atoms. The fourth-order valence-electron chi connectivity index (χ4n) is 1.73. The number of pyridine rings is 1. The lowest BCUT2D eigenvalue weighted by molar-refractivity contribution is 0.546. The fraction of sp³-hybridized carbons (Fsp3) is 0.400. The first kappa shape index (κ1) is 14.7. The van der Waals surface area contributed by atoms with Crippen LogP contribution in [0.3, 0.4) is 0 Å². The first-order valence-corrected chi connectivity index (χ1v) is 6.92. The maximum absolute atomic E-state index is 6.07. The van der Waals surface area contributed by atoms with E-state index in [9.17, 15) is 0 Å². The molecule has 0 aliphatic carbocycles. The van der Waals surface area contributed by atoms with Crippen LogP contribution in [-0.2, 0) is 12.0 Å². The predicted molar refractivity (Wildman–Crippen MR) is 82.0 cm³/mol. The molecule has 0 atom stereocenters. The Balaban J connectivity index is 2.18. The van der Waals surface area contributed by atoms with Crippen LogP contribution >= 0.6 is 11.6 Å². The average Bonchev–Trinajstić information content (AvgIpc) is 2.36. The highest BCUT2D eigenvalue weighted by molar-refractivity contribution is 6.29. The second-order valence-corrected chi connectivity index (χ2v) is 6.19. The van der Waals surface area contributed by atoms with Crippen molar-refractivity contribution in [2.24, 2.45) is 0 Å². The van der Waals surface area contributed by atoms with Crippen molar-refractivity contribution >= 4 is 17.4 Å². The van der Waals surface area contributed by atoms with Crippen LogP contribution < -0.4 is 5.32 Å². The number of hydrogen-bond donors (Lipinski definition) is 1. The van der Waals surface area contributed by atoms with Gasteiger partial charge < -0.3 is 5.32 Å². The number of aryl methyl sites for hydroxylation is 1. The molecule has 106 valence electrons. The van der Waals surface area contributed by atoms with Gasteiger partial charge in [0.05, 0.1) is 0 Å². The van der Waals surface area contributed by atoms with Crippen molar-refractivity contribution in [3.8, 4) is 0 Å². The Hall–Kier alpha value is -1.68. The van der Waals surface area contributed by atoms with Crippen molar-refractivity contribution in [2.75, 3.05) is 5.32 Å². The zero-order valence-corrected chi connectivity index (χ0v) is 13.0. The molecule has 2 heterocycles. The van der Waals surface area contributed by atoms with E-state index >= 15 is 0 Å². The van der Waals surface area contributed by atoms with Gasteiger partial charge in [-0.05, 0) is 24.1 Å². The summed E-state index contributed by atoms with van der Waals surface area (Å²) in [4.78, 5) is 12.9. The maximum Gasteiger partial charge on any atom is 0.137 e. The van der Waals surface area contributed by atoms with Crippen LogP contribution in [0.2, 0.25) is 5.15 Å². The van der Waals surface area contributed by atoms with Gasteiger partial charge in [0.1, 0.15) is 16.8 Å². The zero-order valence-electron chi connectivity index (χ0n) is 12.2. The van der Waals surface area contributed by atoms with Crippen LogP contribution in [0.4, 0.5) is 5.82 Å². The number of anilines is 1. The van der Waals surface area contributed by atoms with E-state index < -0.39 is 0 Å². The SMILES string of the molecule is Cc1cnccc1CNc1cc(Cl)nc(C(C)(C)C)n1. The summed E-state index contributed by atoms with van der Waals surface area (Å²) in [6.45, 7) is 8.92. The van der Waals surface area contributed by atoms with Crippen LogP contribution in [0, 0.1) is 6.92 Å². The summed E-state index contributed by atoms with van der Waals surface area (Å²) in [5, 5.41) is 3.75. The minimum absolute atomic E-state index is 0.131. The molecule has 0 amide bonds. The molecule has 0 saturated heterocycles. The maximum atomic E-state index is 6.07. The van der Waals surface area contributed by atoms with Gasteiger partial charge in [0.25, 0.3) is 0 Å². The molecule has 0 aliphatic rings. The molecule has 0 radical (unpaired) electrons. The number of hydrogen-bond acceptors (Lipinski definition) is 4. The fourth-order valence-corrected chi connectivity index (χ4v) is 1.91. The summed E-state index contributed by atoms with van der Waals surface area (Å²) in [7, 11) is 0. The molecular formula is C15H19ClN4. The Kier molecular flexibility index (Phi) is 4.23. The van der Waals surface area contributed by atoms with Crippen molar-refractivity contribution in [1.29, 1.82) is 0 Å². The molecule has 2 aromatic heterocycles. The van der Waals surface area contributed by atoms with Crippen molar-refractivity contribution in [2.45, 2.75) is 39.7 Å². The molecule has 5 heteroatoms. The van der Waals surface area contributed by atoms with E-state index in [1.54, 1.807) is 12.3 Å². The first-order valence-electron chi connectivity index (χ1n) is 6.54. The van der Waals surface area contributed by atoms with Crippen LogP contribution in [0.25, 0.3) is 0 Å². The van der Waals surface area contributed by atoms with Gasteiger partial charge in [0.2, 0.25) is 0 Å². The average molecular weight is 291 g/mol. The second-order valence-electron chi connectivity index (χ2n) is 5.81. The van der Waals surface area contributed by atoms with E-state index in [1.165, 1.54) is 5.56 Å². The second kappa shape index (κ2) is 5.75.